The van der Waals surface area contributed by atoms with Gasteiger partial charge in [0.25, 0.3) is 0 Å². The third kappa shape index (κ3) is 4.19. The molecule has 1 saturated carbocycles. The quantitative estimate of drug-likeness (QED) is 0.823. The summed E-state index contributed by atoms with van der Waals surface area (Å²) >= 11 is 0. The Hall–Kier alpha value is -0.120. The van der Waals surface area contributed by atoms with Crippen molar-refractivity contribution in [2.75, 3.05) is 19.7 Å². The van der Waals surface area contributed by atoms with E-state index in [2.05, 4.69) is 20.8 Å². The zero-order valence-electron chi connectivity index (χ0n) is 14.3. The number of rotatable bonds is 4. The first kappa shape index (κ1) is 16.3. The van der Waals surface area contributed by atoms with Crippen LogP contribution in [0.25, 0.3) is 0 Å². The summed E-state index contributed by atoms with van der Waals surface area (Å²) in [6.07, 6.45) is 3.62. The van der Waals surface area contributed by atoms with Gasteiger partial charge in [-0.3, -0.25) is 0 Å². The molecule has 2 aliphatic rings. The van der Waals surface area contributed by atoms with Gasteiger partial charge in [0, 0.05) is 18.3 Å². The van der Waals surface area contributed by atoms with Crippen molar-refractivity contribution in [3.63, 3.8) is 0 Å². The molecule has 1 saturated heterocycles. The van der Waals surface area contributed by atoms with Gasteiger partial charge in [0.2, 0.25) is 0 Å². The summed E-state index contributed by atoms with van der Waals surface area (Å²) in [5, 5.41) is 10.3. The second-order valence-electron chi connectivity index (χ2n) is 9.37. The fourth-order valence-corrected chi connectivity index (χ4v) is 4.70. The number of ether oxygens (including phenoxy) is 1. The number of quaternary nitrogens is 1. The first-order chi connectivity index (χ1) is 8.98. The molecule has 1 aliphatic carbocycles. The lowest BCUT2D eigenvalue weighted by Gasteiger charge is -2.37. The summed E-state index contributed by atoms with van der Waals surface area (Å²) in [6, 6.07) is 0.730. The van der Waals surface area contributed by atoms with Gasteiger partial charge >= 0.3 is 0 Å². The zero-order valence-corrected chi connectivity index (χ0v) is 14.3. The molecule has 2 fully saturated rings. The highest BCUT2D eigenvalue weighted by Crippen LogP contribution is 2.47. The summed E-state index contributed by atoms with van der Waals surface area (Å²) < 4.78 is 5.72. The Balaban J connectivity index is 1.88. The Morgan fingerprint density at radius 1 is 1.25 bits per heavy atom. The Bertz CT molecular complexity index is 347. The summed E-state index contributed by atoms with van der Waals surface area (Å²) in [5.41, 5.74) is 0.782. The molecule has 118 valence electrons. The van der Waals surface area contributed by atoms with Crippen molar-refractivity contribution in [2.45, 2.75) is 78.6 Å². The Labute approximate surface area is 124 Å². The fourth-order valence-electron chi connectivity index (χ4n) is 4.70. The van der Waals surface area contributed by atoms with Crippen molar-refractivity contribution in [2.24, 2.45) is 10.8 Å². The number of hydrogen-bond donors (Lipinski definition) is 2. The van der Waals surface area contributed by atoms with Crippen LogP contribution < -0.4 is 4.90 Å². The van der Waals surface area contributed by atoms with E-state index in [-0.39, 0.29) is 11.7 Å². The molecule has 0 spiro atoms. The summed E-state index contributed by atoms with van der Waals surface area (Å²) in [7, 11) is 0. The molecule has 0 aromatic rings. The minimum absolute atomic E-state index is 0.162. The van der Waals surface area contributed by atoms with E-state index >= 15 is 0 Å². The molecule has 1 unspecified atom stereocenters. The van der Waals surface area contributed by atoms with E-state index in [0.29, 0.717) is 17.4 Å². The van der Waals surface area contributed by atoms with Crippen LogP contribution in [-0.4, -0.2) is 42.5 Å². The maximum absolute atomic E-state index is 10.3. The van der Waals surface area contributed by atoms with Crippen molar-refractivity contribution < 1.29 is 14.7 Å². The normalized spacial score (nSPS) is 38.0. The van der Waals surface area contributed by atoms with Gasteiger partial charge in [-0.05, 0) is 32.6 Å². The molecule has 2 bridgehead atoms. The van der Waals surface area contributed by atoms with Gasteiger partial charge in [0.05, 0.1) is 24.8 Å². The maximum atomic E-state index is 10.3. The van der Waals surface area contributed by atoms with Crippen LogP contribution in [0.2, 0.25) is 0 Å². The van der Waals surface area contributed by atoms with Gasteiger partial charge in [0.15, 0.2) is 0 Å². The van der Waals surface area contributed by atoms with Gasteiger partial charge < -0.3 is 14.7 Å². The van der Waals surface area contributed by atoms with Gasteiger partial charge in [-0.1, -0.05) is 20.8 Å². The van der Waals surface area contributed by atoms with Crippen LogP contribution in [0.3, 0.4) is 0 Å². The monoisotopic (exact) mass is 284 g/mol. The van der Waals surface area contributed by atoms with Crippen molar-refractivity contribution in [1.82, 2.24) is 0 Å². The van der Waals surface area contributed by atoms with E-state index in [9.17, 15) is 5.11 Å². The highest BCUT2D eigenvalue weighted by molar-refractivity contribution is 4.95. The van der Waals surface area contributed by atoms with Gasteiger partial charge in [-0.15, -0.1) is 0 Å². The van der Waals surface area contributed by atoms with Crippen molar-refractivity contribution in [3.8, 4) is 0 Å². The lowest BCUT2D eigenvalue weighted by Crippen LogP contribution is -3.15. The fraction of sp³-hybridized carbons (Fsp3) is 1.00. The third-order valence-corrected chi connectivity index (χ3v) is 4.88. The zero-order chi connectivity index (χ0) is 15.2. The van der Waals surface area contributed by atoms with E-state index in [4.69, 9.17) is 4.74 Å². The molecule has 3 heteroatoms. The van der Waals surface area contributed by atoms with Crippen LogP contribution in [0.15, 0.2) is 0 Å². The SMILES string of the molecule is CC1(C)C[C@H]2C[C@](C)(C[NH+]2C[C@H](O)COC(C)(C)C)C1. The minimum atomic E-state index is -0.338. The molecule has 2 rings (SSSR count). The molecule has 0 aromatic carbocycles. The average molecular weight is 284 g/mol. The molecule has 20 heavy (non-hydrogen) atoms. The average Bonchev–Trinajstić information content (AvgIpc) is 2.43. The lowest BCUT2D eigenvalue weighted by atomic mass is 9.65. The largest absolute Gasteiger partial charge is 0.385 e. The standard InChI is InChI=1S/C17H33NO2/c1-15(2,3)20-10-14(19)9-18-12-17(6)8-13(18)7-16(4,5)11-17/h13-14,19H,7-12H2,1-6H3/p+1/t13-,14-,17-/m0/s1. The van der Waals surface area contributed by atoms with E-state index in [1.54, 1.807) is 4.90 Å². The van der Waals surface area contributed by atoms with Crippen LogP contribution in [-0.2, 0) is 4.74 Å². The Morgan fingerprint density at radius 2 is 1.90 bits per heavy atom. The first-order valence-corrected chi connectivity index (χ1v) is 8.15. The van der Waals surface area contributed by atoms with E-state index in [1.807, 2.05) is 20.8 Å². The second kappa shape index (κ2) is 5.26. The molecule has 0 radical (unpaired) electrons. The van der Waals surface area contributed by atoms with E-state index in [0.717, 1.165) is 12.6 Å². The number of nitrogens with one attached hydrogen (secondary N) is 1. The summed E-state index contributed by atoms with van der Waals surface area (Å²) in [5.74, 6) is 0. The molecular weight excluding hydrogens is 250 g/mol. The van der Waals surface area contributed by atoms with Crippen molar-refractivity contribution >= 4 is 0 Å². The van der Waals surface area contributed by atoms with Crippen LogP contribution in [0.4, 0.5) is 0 Å². The van der Waals surface area contributed by atoms with Crippen molar-refractivity contribution in [1.29, 1.82) is 0 Å². The van der Waals surface area contributed by atoms with Crippen LogP contribution in [0, 0.1) is 10.8 Å². The van der Waals surface area contributed by atoms with Crippen LogP contribution in [0.5, 0.6) is 0 Å². The molecule has 1 heterocycles. The van der Waals surface area contributed by atoms with Gasteiger partial charge in [0.1, 0.15) is 12.6 Å². The maximum Gasteiger partial charge on any atom is 0.126 e. The first-order valence-electron chi connectivity index (χ1n) is 8.15. The summed E-state index contributed by atoms with van der Waals surface area (Å²) in [6.45, 7) is 15.9. The Kier molecular flexibility index (Phi) is 4.27. The molecule has 1 aliphatic heterocycles. The number of aliphatic hydroxyl groups is 1. The highest BCUT2D eigenvalue weighted by Gasteiger charge is 2.52. The van der Waals surface area contributed by atoms with Crippen LogP contribution >= 0.6 is 0 Å². The minimum Gasteiger partial charge on any atom is -0.385 e. The topological polar surface area (TPSA) is 33.9 Å². The molecule has 3 nitrogen and oxygen atoms in total. The molecular formula is C17H34NO2+. The number of aliphatic hydroxyl groups excluding tert-OH is 1. The predicted octanol–water partition coefficient (Wildman–Crippen LogP) is 1.65. The molecule has 4 atom stereocenters. The highest BCUT2D eigenvalue weighted by atomic mass is 16.5. The predicted molar refractivity (Wildman–Crippen MR) is 81.9 cm³/mol. The van der Waals surface area contributed by atoms with E-state index in [1.165, 1.54) is 25.8 Å². The second-order valence-corrected chi connectivity index (χ2v) is 9.37. The molecule has 2 N–H and O–H groups in total. The lowest BCUT2D eigenvalue weighted by molar-refractivity contribution is -0.917. The smallest absolute Gasteiger partial charge is 0.126 e. The van der Waals surface area contributed by atoms with E-state index < -0.39 is 0 Å². The Morgan fingerprint density at radius 3 is 2.50 bits per heavy atom. The number of likely N-dealkylation sites (tertiary alicyclic amines) is 1. The third-order valence-electron chi connectivity index (χ3n) is 4.88. The molecule has 0 aromatic heterocycles. The summed E-state index contributed by atoms with van der Waals surface area (Å²) in [4.78, 5) is 1.60. The van der Waals surface area contributed by atoms with Crippen LogP contribution in [0.1, 0.15) is 60.8 Å². The number of fused-ring (bicyclic) bond motifs is 2. The van der Waals surface area contributed by atoms with Crippen molar-refractivity contribution in [3.05, 3.63) is 0 Å². The van der Waals surface area contributed by atoms with Gasteiger partial charge in [-0.25, -0.2) is 0 Å². The van der Waals surface area contributed by atoms with Gasteiger partial charge in [-0.2, -0.15) is 0 Å². The molecule has 0 amide bonds. The number of hydrogen-bond acceptors (Lipinski definition) is 2.